The Balaban J connectivity index is 1.83. The maximum absolute atomic E-state index is 12.1. The molecule has 0 bridgehead atoms. The summed E-state index contributed by atoms with van der Waals surface area (Å²) < 4.78 is 40.8. The molecule has 134 valence electrons. The van der Waals surface area contributed by atoms with Crippen LogP contribution in [0.1, 0.15) is 25.7 Å². The van der Waals surface area contributed by atoms with Crippen molar-refractivity contribution in [2.24, 2.45) is 5.92 Å². The van der Waals surface area contributed by atoms with Gasteiger partial charge in [0.15, 0.2) is 6.61 Å². The first kappa shape index (κ1) is 18.4. The molecule has 2 amide bonds. The van der Waals surface area contributed by atoms with Gasteiger partial charge in [0.05, 0.1) is 0 Å². The number of aliphatic hydroxyl groups excluding tert-OH is 1. The average molecular weight is 346 g/mol. The highest BCUT2D eigenvalue weighted by Crippen LogP contribution is 2.24. The van der Waals surface area contributed by atoms with Crippen LogP contribution in [0.5, 0.6) is 5.75 Å². The van der Waals surface area contributed by atoms with Gasteiger partial charge in [-0.2, -0.15) is 13.2 Å². The lowest BCUT2D eigenvalue weighted by Crippen LogP contribution is -2.45. The standard InChI is InChI=1S/C16H21F3N2O3/c17-16(18,19)10-24-13-7-5-12(6-8-13)20-15(23)21-14-4-2-1-3-11(14)9-22/h5-8,11,14,22H,1-4,9-10H2,(H2,20,21,23). The zero-order chi connectivity index (χ0) is 17.6. The molecule has 24 heavy (non-hydrogen) atoms. The Morgan fingerprint density at radius 2 is 1.88 bits per heavy atom. The lowest BCUT2D eigenvalue weighted by Gasteiger charge is -2.30. The Labute approximate surface area is 138 Å². The Hall–Kier alpha value is -1.96. The Morgan fingerprint density at radius 3 is 2.50 bits per heavy atom. The maximum atomic E-state index is 12.1. The van der Waals surface area contributed by atoms with E-state index in [0.717, 1.165) is 25.7 Å². The summed E-state index contributed by atoms with van der Waals surface area (Å²) in [6.07, 6.45) is -0.632. The third-order valence-electron chi connectivity index (χ3n) is 3.97. The number of amides is 2. The molecule has 1 fully saturated rings. The van der Waals surface area contributed by atoms with Gasteiger partial charge in [-0.3, -0.25) is 0 Å². The number of carbonyl (C=O) groups excluding carboxylic acids is 1. The molecule has 1 aliphatic rings. The third-order valence-corrected chi connectivity index (χ3v) is 3.97. The van der Waals surface area contributed by atoms with Crippen molar-refractivity contribution in [1.82, 2.24) is 5.32 Å². The number of ether oxygens (including phenoxy) is 1. The summed E-state index contributed by atoms with van der Waals surface area (Å²) >= 11 is 0. The van der Waals surface area contributed by atoms with Gasteiger partial charge >= 0.3 is 12.2 Å². The van der Waals surface area contributed by atoms with Crippen LogP contribution in [0.4, 0.5) is 23.7 Å². The van der Waals surface area contributed by atoms with Crippen LogP contribution in [0, 0.1) is 5.92 Å². The van der Waals surface area contributed by atoms with Crippen LogP contribution < -0.4 is 15.4 Å². The fourth-order valence-electron chi connectivity index (χ4n) is 2.75. The molecule has 0 radical (unpaired) electrons. The zero-order valence-corrected chi connectivity index (χ0v) is 13.1. The van der Waals surface area contributed by atoms with Crippen LogP contribution in [0.3, 0.4) is 0 Å². The zero-order valence-electron chi connectivity index (χ0n) is 13.1. The molecule has 2 atom stereocenters. The van der Waals surface area contributed by atoms with E-state index in [1.807, 2.05) is 0 Å². The van der Waals surface area contributed by atoms with E-state index in [2.05, 4.69) is 15.4 Å². The molecule has 0 aromatic heterocycles. The van der Waals surface area contributed by atoms with Gasteiger partial charge < -0.3 is 20.5 Å². The first-order valence-electron chi connectivity index (χ1n) is 7.85. The number of hydrogen-bond acceptors (Lipinski definition) is 3. The molecule has 2 rings (SSSR count). The van der Waals surface area contributed by atoms with E-state index in [0.29, 0.717) is 5.69 Å². The van der Waals surface area contributed by atoms with Crippen LogP contribution in [-0.4, -0.2) is 36.6 Å². The van der Waals surface area contributed by atoms with Crippen molar-refractivity contribution < 1.29 is 27.8 Å². The molecule has 1 saturated carbocycles. The fourth-order valence-corrected chi connectivity index (χ4v) is 2.75. The summed E-state index contributed by atoms with van der Waals surface area (Å²) in [7, 11) is 0. The van der Waals surface area contributed by atoms with Crippen molar-refractivity contribution in [3.8, 4) is 5.75 Å². The van der Waals surface area contributed by atoms with E-state index in [1.165, 1.54) is 24.3 Å². The smallest absolute Gasteiger partial charge is 0.422 e. The van der Waals surface area contributed by atoms with Gasteiger partial charge in [-0.05, 0) is 37.1 Å². The number of urea groups is 1. The molecule has 1 aromatic rings. The molecule has 5 nitrogen and oxygen atoms in total. The highest BCUT2D eigenvalue weighted by atomic mass is 19.4. The topological polar surface area (TPSA) is 70.6 Å². The number of halogens is 3. The third kappa shape index (κ3) is 5.92. The van der Waals surface area contributed by atoms with E-state index >= 15 is 0 Å². The SMILES string of the molecule is O=C(Nc1ccc(OCC(F)(F)F)cc1)NC1CCCCC1CO. The van der Waals surface area contributed by atoms with Gasteiger partial charge in [-0.15, -0.1) is 0 Å². The molecule has 8 heteroatoms. The number of hydrogen-bond donors (Lipinski definition) is 3. The van der Waals surface area contributed by atoms with E-state index in [-0.39, 0.29) is 24.3 Å². The number of benzene rings is 1. The Kier molecular flexibility index (Phi) is 6.30. The summed E-state index contributed by atoms with van der Waals surface area (Å²) in [6.45, 7) is -1.32. The number of carbonyl (C=O) groups is 1. The van der Waals surface area contributed by atoms with Gasteiger partial charge in [0.25, 0.3) is 0 Å². The van der Waals surface area contributed by atoms with Gasteiger partial charge in [0.2, 0.25) is 0 Å². The van der Waals surface area contributed by atoms with Crippen LogP contribution in [0.2, 0.25) is 0 Å². The molecule has 0 saturated heterocycles. The molecule has 1 aromatic carbocycles. The monoisotopic (exact) mass is 346 g/mol. The van der Waals surface area contributed by atoms with E-state index < -0.39 is 18.8 Å². The summed E-state index contributed by atoms with van der Waals surface area (Å²) in [5, 5.41) is 14.8. The summed E-state index contributed by atoms with van der Waals surface area (Å²) in [4.78, 5) is 12.0. The largest absolute Gasteiger partial charge is 0.484 e. The number of rotatable bonds is 5. The highest BCUT2D eigenvalue weighted by molar-refractivity contribution is 5.89. The second-order valence-electron chi connectivity index (χ2n) is 5.86. The predicted octanol–water partition coefficient (Wildman–Crippen LogP) is 3.30. The Bertz CT molecular complexity index is 534. The minimum atomic E-state index is -4.39. The first-order valence-corrected chi connectivity index (χ1v) is 7.85. The molecular formula is C16H21F3N2O3. The van der Waals surface area contributed by atoms with E-state index in [4.69, 9.17) is 0 Å². The van der Waals surface area contributed by atoms with Crippen molar-refractivity contribution in [3.63, 3.8) is 0 Å². The molecule has 1 aliphatic carbocycles. The van der Waals surface area contributed by atoms with Gasteiger partial charge in [0.1, 0.15) is 5.75 Å². The quantitative estimate of drug-likeness (QED) is 0.766. The molecule has 0 spiro atoms. The Morgan fingerprint density at radius 1 is 1.21 bits per heavy atom. The minimum Gasteiger partial charge on any atom is -0.484 e. The normalized spacial score (nSPS) is 21.2. The van der Waals surface area contributed by atoms with Crippen molar-refractivity contribution in [1.29, 1.82) is 0 Å². The second kappa shape index (κ2) is 8.23. The van der Waals surface area contributed by atoms with E-state index in [9.17, 15) is 23.1 Å². The molecular weight excluding hydrogens is 325 g/mol. The summed E-state index contributed by atoms with van der Waals surface area (Å²) in [5.74, 6) is 0.133. The lowest BCUT2D eigenvalue weighted by molar-refractivity contribution is -0.153. The van der Waals surface area contributed by atoms with Gasteiger partial charge in [-0.25, -0.2) is 4.79 Å². The van der Waals surface area contributed by atoms with Gasteiger partial charge in [-0.1, -0.05) is 12.8 Å². The summed E-state index contributed by atoms with van der Waals surface area (Å²) in [6, 6.07) is 5.19. The number of aliphatic hydroxyl groups is 1. The van der Waals surface area contributed by atoms with Crippen LogP contribution in [0.25, 0.3) is 0 Å². The van der Waals surface area contributed by atoms with E-state index in [1.54, 1.807) is 0 Å². The second-order valence-corrected chi connectivity index (χ2v) is 5.86. The van der Waals surface area contributed by atoms with Gasteiger partial charge in [0, 0.05) is 24.3 Å². The number of nitrogens with one attached hydrogen (secondary N) is 2. The fraction of sp³-hybridized carbons (Fsp3) is 0.562. The number of alkyl halides is 3. The maximum Gasteiger partial charge on any atom is 0.422 e. The minimum absolute atomic E-state index is 0.0379. The van der Waals surface area contributed by atoms with Crippen molar-refractivity contribution in [2.45, 2.75) is 37.9 Å². The van der Waals surface area contributed by atoms with Crippen LogP contribution in [0.15, 0.2) is 24.3 Å². The average Bonchev–Trinajstić information content (AvgIpc) is 2.54. The molecule has 3 N–H and O–H groups in total. The lowest BCUT2D eigenvalue weighted by atomic mass is 9.85. The molecule has 0 aliphatic heterocycles. The summed E-state index contributed by atoms with van der Waals surface area (Å²) in [5.41, 5.74) is 0.447. The predicted molar refractivity (Wildman–Crippen MR) is 83.0 cm³/mol. The van der Waals surface area contributed by atoms with Crippen LogP contribution >= 0.6 is 0 Å². The molecule has 0 heterocycles. The van der Waals surface area contributed by atoms with Crippen molar-refractivity contribution in [2.75, 3.05) is 18.5 Å². The number of anilines is 1. The molecule has 2 unspecified atom stereocenters. The van der Waals surface area contributed by atoms with Crippen LogP contribution in [-0.2, 0) is 0 Å². The van der Waals surface area contributed by atoms with Crippen molar-refractivity contribution in [3.05, 3.63) is 24.3 Å². The first-order chi connectivity index (χ1) is 11.4. The highest BCUT2D eigenvalue weighted by Gasteiger charge is 2.28. The van der Waals surface area contributed by atoms with Crippen molar-refractivity contribution >= 4 is 11.7 Å².